The number of H-pyrrole nitrogens is 2. The van der Waals surface area contributed by atoms with E-state index in [1.807, 2.05) is 0 Å². The lowest BCUT2D eigenvalue weighted by atomic mass is 10.3. The maximum absolute atomic E-state index is 10.4. The molecule has 0 radical (unpaired) electrons. The van der Waals surface area contributed by atoms with Crippen molar-refractivity contribution in [3.63, 3.8) is 0 Å². The summed E-state index contributed by atoms with van der Waals surface area (Å²) in [5.41, 5.74) is -0.406. The summed E-state index contributed by atoms with van der Waals surface area (Å²) in [6, 6.07) is 1.01. The number of carbonyl (C=O) groups excluding carboxylic acids is 2. The molecule has 10 heteroatoms. The molecule has 2 rings (SSSR count). The van der Waals surface area contributed by atoms with Gasteiger partial charge in [0.05, 0.1) is 6.07 Å². The van der Waals surface area contributed by atoms with Crippen molar-refractivity contribution in [2.24, 2.45) is 0 Å². The van der Waals surface area contributed by atoms with Crippen LogP contribution in [-0.2, 0) is 9.59 Å². The van der Waals surface area contributed by atoms with Gasteiger partial charge in [0.1, 0.15) is 6.42 Å². The predicted molar refractivity (Wildman–Crippen MR) is 67.4 cm³/mol. The number of hydrogen-bond donors (Lipinski definition) is 5. The van der Waals surface area contributed by atoms with E-state index in [2.05, 4.69) is 45.0 Å². The van der Waals surface area contributed by atoms with E-state index in [-0.39, 0.29) is 34.0 Å². The van der Waals surface area contributed by atoms with Gasteiger partial charge in [-0.15, -0.1) is 0 Å². The number of hydrogen-bond acceptors (Lipinski definition) is 6. The summed E-state index contributed by atoms with van der Waals surface area (Å²) in [6.45, 7) is 0. The van der Waals surface area contributed by atoms with E-state index in [1.165, 1.54) is 0 Å². The van der Waals surface area contributed by atoms with Crippen LogP contribution in [-0.4, -0.2) is 32.0 Å². The van der Waals surface area contributed by atoms with Crippen molar-refractivity contribution in [1.82, 2.24) is 20.6 Å². The predicted octanol–water partition coefficient (Wildman–Crippen LogP) is -0.955. The monoisotopic (exact) mass is 288 g/mol. The first-order chi connectivity index (χ1) is 8.36. The first kappa shape index (κ1) is 14.0. The molecule has 1 aromatic heterocycles. The zero-order valence-electron chi connectivity index (χ0n) is 8.77. The summed E-state index contributed by atoms with van der Waals surface area (Å²) in [5.74, 6) is -0.906. The maximum Gasteiger partial charge on any atom is 0.255 e. The number of rotatable bonds is 0. The van der Waals surface area contributed by atoms with Crippen molar-refractivity contribution in [1.29, 1.82) is 0 Å². The van der Waals surface area contributed by atoms with Gasteiger partial charge in [-0.05, 0) is 24.4 Å². The van der Waals surface area contributed by atoms with Crippen molar-refractivity contribution in [2.45, 2.75) is 6.42 Å². The molecule has 2 amide bonds. The van der Waals surface area contributed by atoms with Crippen LogP contribution in [0.3, 0.4) is 0 Å². The van der Waals surface area contributed by atoms with Crippen LogP contribution < -0.4 is 16.2 Å². The number of aromatic nitrogens is 2. The van der Waals surface area contributed by atoms with E-state index in [0.29, 0.717) is 0 Å². The first-order valence-electron chi connectivity index (χ1n) is 4.53. The van der Waals surface area contributed by atoms with E-state index in [4.69, 9.17) is 5.11 Å². The summed E-state index contributed by atoms with van der Waals surface area (Å²) in [7, 11) is 0. The van der Waals surface area contributed by atoms with Crippen LogP contribution in [0, 0.1) is 4.77 Å². The number of carbonyl (C=O) groups is 2. The van der Waals surface area contributed by atoms with Crippen molar-refractivity contribution in [2.75, 3.05) is 0 Å². The fourth-order valence-corrected chi connectivity index (χ4v) is 1.41. The minimum absolute atomic E-state index is 0.0938. The highest BCUT2D eigenvalue weighted by atomic mass is 32.1. The van der Waals surface area contributed by atoms with E-state index in [0.717, 1.165) is 6.07 Å². The second kappa shape index (κ2) is 6.02. The third-order valence-corrected chi connectivity index (χ3v) is 1.98. The van der Waals surface area contributed by atoms with Gasteiger partial charge < -0.3 is 20.7 Å². The molecule has 1 aliphatic heterocycles. The minimum Gasteiger partial charge on any atom is -0.494 e. The third kappa shape index (κ3) is 4.84. The van der Waals surface area contributed by atoms with Gasteiger partial charge in [0.15, 0.2) is 15.8 Å². The Balaban J connectivity index is 0.000000180. The molecule has 0 aliphatic carbocycles. The number of nitrogens with one attached hydrogen (secondary N) is 4. The van der Waals surface area contributed by atoms with E-state index < -0.39 is 5.56 Å². The summed E-state index contributed by atoms with van der Waals surface area (Å²) >= 11 is 9.01. The van der Waals surface area contributed by atoms with Gasteiger partial charge >= 0.3 is 0 Å². The van der Waals surface area contributed by atoms with Crippen molar-refractivity contribution >= 4 is 41.4 Å². The molecule has 0 aromatic carbocycles. The molecule has 0 atom stereocenters. The van der Waals surface area contributed by atoms with Gasteiger partial charge in [-0.1, -0.05) is 0 Å². The molecular weight excluding hydrogens is 280 g/mol. The van der Waals surface area contributed by atoms with Crippen LogP contribution in [0.1, 0.15) is 6.42 Å². The molecule has 8 nitrogen and oxygen atoms in total. The molecule has 0 spiro atoms. The van der Waals surface area contributed by atoms with Crippen LogP contribution in [0.5, 0.6) is 5.88 Å². The van der Waals surface area contributed by atoms with Gasteiger partial charge in [0.2, 0.25) is 11.8 Å². The normalized spacial score (nSPS) is 14.1. The molecule has 5 N–H and O–H groups in total. The Morgan fingerprint density at radius 3 is 2.00 bits per heavy atom. The highest BCUT2D eigenvalue weighted by Gasteiger charge is 2.17. The Morgan fingerprint density at radius 1 is 1.06 bits per heavy atom. The van der Waals surface area contributed by atoms with Gasteiger partial charge in [0, 0.05) is 0 Å². The minimum atomic E-state index is -0.406. The van der Waals surface area contributed by atoms with Crippen molar-refractivity contribution in [3.8, 4) is 5.88 Å². The largest absolute Gasteiger partial charge is 0.494 e. The Kier molecular flexibility index (Phi) is 4.68. The Hall–Kier alpha value is -2.07. The van der Waals surface area contributed by atoms with Crippen molar-refractivity contribution in [3.05, 3.63) is 21.2 Å². The number of thiocarbonyl (C=S) groups is 1. The fraction of sp³-hybridized carbons (Fsp3) is 0.125. The fourth-order valence-electron chi connectivity index (χ4n) is 0.975. The molecule has 1 fully saturated rings. The SMILES string of the molecule is O=C1CC(=O)NC(=S)N1.O=c1cc(O)[nH]c(=S)[nH]1. The second-order valence-corrected chi connectivity index (χ2v) is 3.89. The van der Waals surface area contributed by atoms with Crippen LogP contribution in [0.4, 0.5) is 0 Å². The summed E-state index contributed by atoms with van der Waals surface area (Å²) in [5, 5.41) is 13.3. The molecule has 0 bridgehead atoms. The van der Waals surface area contributed by atoms with Crippen molar-refractivity contribution < 1.29 is 14.7 Å². The Morgan fingerprint density at radius 2 is 1.61 bits per heavy atom. The van der Waals surface area contributed by atoms with Gasteiger partial charge in [-0.3, -0.25) is 19.4 Å². The molecular formula is C8H8N4O4S2. The molecule has 1 saturated heterocycles. The van der Waals surface area contributed by atoms with Crippen LogP contribution in [0.15, 0.2) is 10.9 Å². The van der Waals surface area contributed by atoms with Gasteiger partial charge in [-0.25, -0.2) is 0 Å². The summed E-state index contributed by atoms with van der Waals surface area (Å²) < 4.78 is 0.125. The Labute approximate surface area is 110 Å². The Bertz CT molecular complexity index is 532. The highest BCUT2D eigenvalue weighted by Crippen LogP contribution is 1.92. The number of amides is 2. The standard InChI is InChI=1S/2C4H4N2O2S/c2*7-2-1-3(8)6-4(9)5-2/h1H2,(H2,5,6,7,8,9);1H,(H3,5,6,7,8,9). The summed E-state index contributed by atoms with van der Waals surface area (Å²) in [6.07, 6.45) is -0.125. The van der Waals surface area contributed by atoms with Crippen LogP contribution in [0.25, 0.3) is 0 Å². The smallest absolute Gasteiger partial charge is 0.255 e. The maximum atomic E-state index is 10.4. The number of aromatic amines is 2. The van der Waals surface area contributed by atoms with E-state index >= 15 is 0 Å². The second-order valence-electron chi connectivity index (χ2n) is 3.08. The average Bonchev–Trinajstić information content (AvgIpc) is 2.12. The lowest BCUT2D eigenvalue weighted by molar-refractivity contribution is -0.129. The zero-order chi connectivity index (χ0) is 13.7. The molecule has 1 aromatic rings. The highest BCUT2D eigenvalue weighted by molar-refractivity contribution is 7.80. The quantitative estimate of drug-likeness (QED) is 0.309. The molecule has 2 heterocycles. The third-order valence-electron chi connectivity index (χ3n) is 1.57. The van der Waals surface area contributed by atoms with E-state index in [1.54, 1.807) is 0 Å². The molecule has 0 unspecified atom stereocenters. The lowest BCUT2D eigenvalue weighted by Crippen LogP contribution is -2.49. The average molecular weight is 288 g/mol. The molecule has 1 aliphatic rings. The van der Waals surface area contributed by atoms with Gasteiger partial charge in [-0.2, -0.15) is 0 Å². The summed E-state index contributed by atoms with van der Waals surface area (Å²) in [4.78, 5) is 35.8. The van der Waals surface area contributed by atoms with Crippen LogP contribution in [0.2, 0.25) is 0 Å². The van der Waals surface area contributed by atoms with Gasteiger partial charge in [0.25, 0.3) is 5.56 Å². The molecule has 18 heavy (non-hydrogen) atoms. The zero-order valence-corrected chi connectivity index (χ0v) is 10.4. The van der Waals surface area contributed by atoms with Crippen LogP contribution >= 0.6 is 24.4 Å². The lowest BCUT2D eigenvalue weighted by Gasteiger charge is -2.12. The first-order valence-corrected chi connectivity index (χ1v) is 5.35. The molecule has 96 valence electrons. The molecule has 0 saturated carbocycles. The van der Waals surface area contributed by atoms with E-state index in [9.17, 15) is 14.4 Å². The number of aromatic hydroxyl groups is 1. The topological polar surface area (TPSA) is 127 Å².